The number of aliphatic imine (C=N–C) groups is 1. The number of hydrogen-bond donors (Lipinski definition) is 2. The van der Waals surface area contributed by atoms with Crippen LogP contribution in [0.5, 0.6) is 0 Å². The number of nitrogens with one attached hydrogen (secondary N) is 2. The van der Waals surface area contributed by atoms with Crippen molar-refractivity contribution in [1.29, 1.82) is 0 Å². The third kappa shape index (κ3) is 9.86. The lowest BCUT2D eigenvalue weighted by Gasteiger charge is -2.13. The van der Waals surface area contributed by atoms with Gasteiger partial charge in [-0.15, -0.1) is 35.7 Å². The Balaban J connectivity index is 0.00000420. The van der Waals surface area contributed by atoms with Gasteiger partial charge in [0.2, 0.25) is 0 Å². The highest BCUT2D eigenvalue weighted by atomic mass is 127. The number of guanidine groups is 1. The summed E-state index contributed by atoms with van der Waals surface area (Å²) in [6.07, 6.45) is 2.02. The molecule has 0 fully saturated rings. The monoisotopic (exact) mass is 547 g/mol. The van der Waals surface area contributed by atoms with E-state index in [0.29, 0.717) is 10.1 Å². The Morgan fingerprint density at radius 1 is 1.07 bits per heavy atom. The first kappa shape index (κ1) is 25.8. The molecule has 160 valence electrons. The molecule has 2 aromatic rings. The number of rotatable bonds is 9. The van der Waals surface area contributed by atoms with E-state index in [1.165, 1.54) is 11.2 Å². The number of halogens is 1. The van der Waals surface area contributed by atoms with Crippen LogP contribution in [0.3, 0.4) is 0 Å². The van der Waals surface area contributed by atoms with E-state index in [0.717, 1.165) is 37.6 Å². The van der Waals surface area contributed by atoms with E-state index in [2.05, 4.69) is 34.7 Å². The molecular formula is C21H30IN3O2S2. The smallest absolute Gasteiger partial charge is 0.191 e. The number of hydrogen-bond acceptors (Lipinski definition) is 4. The summed E-state index contributed by atoms with van der Waals surface area (Å²) in [5.74, 6) is 0.802. The summed E-state index contributed by atoms with van der Waals surface area (Å²) in [5.41, 5.74) is 1.09. The standard InChI is InChI=1S/C21H29N3O2S2.HI/c1-4-22-21(24-16-17(2)27-19-8-6-5-7-9-19)23-15-14-18-10-12-20(13-11-18)28(3,25)26;/h5-13,17H,4,14-16H2,1-3H3,(H2,22,23,24);1H. The predicted molar refractivity (Wildman–Crippen MR) is 134 cm³/mol. The summed E-state index contributed by atoms with van der Waals surface area (Å²) < 4.78 is 23.0. The lowest BCUT2D eigenvalue weighted by atomic mass is 10.1. The molecule has 0 aliphatic heterocycles. The zero-order valence-corrected chi connectivity index (χ0v) is 21.1. The van der Waals surface area contributed by atoms with Gasteiger partial charge in [-0.2, -0.15) is 0 Å². The van der Waals surface area contributed by atoms with Crippen molar-refractivity contribution in [2.24, 2.45) is 4.99 Å². The Hall–Kier alpha value is -1.26. The minimum atomic E-state index is -3.15. The fourth-order valence-electron chi connectivity index (χ4n) is 2.56. The third-order valence-electron chi connectivity index (χ3n) is 3.99. The van der Waals surface area contributed by atoms with Crippen LogP contribution in [0.2, 0.25) is 0 Å². The molecule has 0 aliphatic carbocycles. The van der Waals surface area contributed by atoms with Gasteiger partial charge in [-0.05, 0) is 43.2 Å². The number of nitrogens with zero attached hydrogens (tertiary/aromatic N) is 1. The van der Waals surface area contributed by atoms with Crippen LogP contribution in [0.1, 0.15) is 19.4 Å². The predicted octanol–water partition coefficient (Wildman–Crippen LogP) is 3.99. The van der Waals surface area contributed by atoms with E-state index >= 15 is 0 Å². The molecule has 0 saturated carbocycles. The highest BCUT2D eigenvalue weighted by Gasteiger charge is 2.07. The van der Waals surface area contributed by atoms with E-state index in [1.54, 1.807) is 12.1 Å². The van der Waals surface area contributed by atoms with Crippen molar-refractivity contribution >= 4 is 51.5 Å². The van der Waals surface area contributed by atoms with Gasteiger partial charge in [0.1, 0.15) is 0 Å². The normalized spacial score (nSPS) is 12.7. The Kier molecular flexibility index (Phi) is 11.7. The van der Waals surface area contributed by atoms with E-state index in [9.17, 15) is 8.42 Å². The van der Waals surface area contributed by atoms with Crippen molar-refractivity contribution in [2.45, 2.75) is 35.3 Å². The molecule has 0 saturated heterocycles. The lowest BCUT2D eigenvalue weighted by molar-refractivity contribution is 0.602. The summed E-state index contributed by atoms with van der Waals surface area (Å²) >= 11 is 1.82. The van der Waals surface area contributed by atoms with Gasteiger partial charge >= 0.3 is 0 Å². The number of benzene rings is 2. The zero-order valence-electron chi connectivity index (χ0n) is 17.1. The summed E-state index contributed by atoms with van der Waals surface area (Å²) in [7, 11) is -3.15. The Labute approximate surface area is 196 Å². The van der Waals surface area contributed by atoms with E-state index in [1.807, 2.05) is 49.0 Å². The van der Waals surface area contributed by atoms with Crippen molar-refractivity contribution in [2.75, 3.05) is 25.9 Å². The fraction of sp³-hybridized carbons (Fsp3) is 0.381. The quantitative estimate of drug-likeness (QED) is 0.215. The first-order valence-electron chi connectivity index (χ1n) is 9.41. The second-order valence-electron chi connectivity index (χ2n) is 6.55. The van der Waals surface area contributed by atoms with Gasteiger partial charge in [0, 0.05) is 29.5 Å². The first-order valence-corrected chi connectivity index (χ1v) is 12.2. The maximum atomic E-state index is 11.5. The average Bonchev–Trinajstić information content (AvgIpc) is 2.66. The molecule has 0 aliphatic rings. The van der Waals surface area contributed by atoms with Crippen LogP contribution in [-0.4, -0.2) is 45.5 Å². The third-order valence-corrected chi connectivity index (χ3v) is 6.21. The van der Waals surface area contributed by atoms with E-state index in [-0.39, 0.29) is 24.0 Å². The first-order chi connectivity index (χ1) is 13.4. The second kappa shape index (κ2) is 13.1. The molecule has 1 unspecified atom stereocenters. The molecular weight excluding hydrogens is 517 g/mol. The van der Waals surface area contributed by atoms with Crippen LogP contribution < -0.4 is 10.6 Å². The molecule has 8 heteroatoms. The van der Waals surface area contributed by atoms with Gasteiger partial charge in [0.15, 0.2) is 15.8 Å². The largest absolute Gasteiger partial charge is 0.357 e. The molecule has 2 rings (SSSR count). The molecule has 2 aromatic carbocycles. The summed E-state index contributed by atoms with van der Waals surface area (Å²) in [5, 5.41) is 6.99. The molecule has 1 atom stereocenters. The van der Waals surface area contributed by atoms with Crippen LogP contribution in [0.25, 0.3) is 0 Å². The van der Waals surface area contributed by atoms with Crippen LogP contribution in [-0.2, 0) is 16.3 Å². The summed E-state index contributed by atoms with van der Waals surface area (Å²) in [4.78, 5) is 6.28. The highest BCUT2D eigenvalue weighted by Crippen LogP contribution is 2.22. The fourth-order valence-corrected chi connectivity index (χ4v) is 4.12. The number of thioether (sulfide) groups is 1. The molecule has 0 aromatic heterocycles. The molecule has 0 radical (unpaired) electrons. The Morgan fingerprint density at radius 3 is 2.31 bits per heavy atom. The molecule has 0 heterocycles. The van der Waals surface area contributed by atoms with Crippen molar-refractivity contribution in [3.63, 3.8) is 0 Å². The van der Waals surface area contributed by atoms with Gasteiger partial charge in [0.25, 0.3) is 0 Å². The maximum absolute atomic E-state index is 11.5. The zero-order chi connectivity index (χ0) is 20.4. The topological polar surface area (TPSA) is 70.6 Å². The molecule has 0 amide bonds. The molecule has 2 N–H and O–H groups in total. The van der Waals surface area contributed by atoms with Crippen LogP contribution in [0.4, 0.5) is 0 Å². The molecule has 0 bridgehead atoms. The Bertz CT molecular complexity index is 857. The van der Waals surface area contributed by atoms with Crippen molar-refractivity contribution in [1.82, 2.24) is 10.6 Å². The van der Waals surface area contributed by atoms with Crippen molar-refractivity contribution < 1.29 is 8.42 Å². The minimum Gasteiger partial charge on any atom is -0.357 e. The lowest BCUT2D eigenvalue weighted by Crippen LogP contribution is -2.38. The van der Waals surface area contributed by atoms with Crippen molar-refractivity contribution in [3.05, 3.63) is 60.2 Å². The Morgan fingerprint density at radius 2 is 1.72 bits per heavy atom. The van der Waals surface area contributed by atoms with Crippen LogP contribution in [0.15, 0.2) is 69.4 Å². The second-order valence-corrected chi connectivity index (χ2v) is 10.1. The van der Waals surface area contributed by atoms with Crippen LogP contribution in [0, 0.1) is 0 Å². The SMILES string of the molecule is CCNC(=NCC(C)Sc1ccccc1)NCCc1ccc(S(C)(=O)=O)cc1.I. The summed E-state index contributed by atoms with van der Waals surface area (Å²) in [6.45, 7) is 6.47. The van der Waals surface area contributed by atoms with Gasteiger partial charge < -0.3 is 10.6 Å². The van der Waals surface area contributed by atoms with Gasteiger partial charge in [-0.25, -0.2) is 8.42 Å². The van der Waals surface area contributed by atoms with Gasteiger partial charge in [-0.1, -0.05) is 37.3 Å². The minimum absolute atomic E-state index is 0. The van der Waals surface area contributed by atoms with Gasteiger partial charge in [-0.3, -0.25) is 4.99 Å². The molecule has 29 heavy (non-hydrogen) atoms. The summed E-state index contributed by atoms with van der Waals surface area (Å²) in [6, 6.07) is 17.4. The van der Waals surface area contributed by atoms with E-state index in [4.69, 9.17) is 0 Å². The highest BCUT2D eigenvalue weighted by molar-refractivity contribution is 14.0. The van der Waals surface area contributed by atoms with E-state index < -0.39 is 9.84 Å². The van der Waals surface area contributed by atoms with Crippen molar-refractivity contribution in [3.8, 4) is 0 Å². The molecule has 5 nitrogen and oxygen atoms in total. The molecule has 0 spiro atoms. The maximum Gasteiger partial charge on any atom is 0.191 e. The van der Waals surface area contributed by atoms with Crippen LogP contribution >= 0.6 is 35.7 Å². The van der Waals surface area contributed by atoms with Gasteiger partial charge in [0.05, 0.1) is 11.4 Å². The average molecular weight is 548 g/mol. The number of sulfone groups is 1.